The summed E-state index contributed by atoms with van der Waals surface area (Å²) >= 11 is 1.76. The van der Waals surface area contributed by atoms with Crippen LogP contribution in [0.2, 0.25) is 0 Å². The Kier molecular flexibility index (Phi) is 4.26. The van der Waals surface area contributed by atoms with E-state index < -0.39 is 0 Å². The van der Waals surface area contributed by atoms with E-state index in [1.54, 1.807) is 17.8 Å². The molecule has 0 aliphatic carbocycles. The van der Waals surface area contributed by atoms with Gasteiger partial charge in [-0.05, 0) is 36.2 Å². The van der Waals surface area contributed by atoms with Gasteiger partial charge in [-0.15, -0.1) is 0 Å². The van der Waals surface area contributed by atoms with Crippen LogP contribution in [0.25, 0.3) is 0 Å². The number of thioether (sulfide) groups is 1. The summed E-state index contributed by atoms with van der Waals surface area (Å²) < 4.78 is 13.1. The summed E-state index contributed by atoms with van der Waals surface area (Å²) in [5.74, 6) is 1.44. The van der Waals surface area contributed by atoms with Crippen LogP contribution in [0.5, 0.6) is 0 Å². The SMILES string of the molecule is Cc1cccc(CSCc2cc(N)cc(F)c2)c1. The average Bonchev–Trinajstić information content (AvgIpc) is 2.27. The number of halogens is 1. The molecule has 0 saturated heterocycles. The molecule has 0 aliphatic heterocycles. The van der Waals surface area contributed by atoms with Crippen molar-refractivity contribution in [3.8, 4) is 0 Å². The molecule has 0 unspecified atom stereocenters. The second-order valence-electron chi connectivity index (χ2n) is 4.37. The van der Waals surface area contributed by atoms with Gasteiger partial charge in [-0.25, -0.2) is 4.39 Å². The normalized spacial score (nSPS) is 10.6. The number of anilines is 1. The molecular weight excluding hydrogens is 245 g/mol. The number of rotatable bonds is 4. The Morgan fingerprint density at radius 1 is 1.06 bits per heavy atom. The summed E-state index contributed by atoms with van der Waals surface area (Å²) in [6.07, 6.45) is 0. The van der Waals surface area contributed by atoms with Gasteiger partial charge < -0.3 is 5.73 Å². The molecule has 1 nitrogen and oxygen atoms in total. The van der Waals surface area contributed by atoms with Gasteiger partial charge in [0.1, 0.15) is 5.82 Å². The van der Waals surface area contributed by atoms with Crippen molar-refractivity contribution >= 4 is 17.4 Å². The zero-order valence-electron chi connectivity index (χ0n) is 10.3. The van der Waals surface area contributed by atoms with Crippen molar-refractivity contribution in [1.82, 2.24) is 0 Å². The fourth-order valence-electron chi connectivity index (χ4n) is 1.85. The maximum atomic E-state index is 13.1. The third kappa shape index (κ3) is 3.77. The zero-order chi connectivity index (χ0) is 13.0. The summed E-state index contributed by atoms with van der Waals surface area (Å²) in [6, 6.07) is 13.1. The molecule has 0 aliphatic rings. The summed E-state index contributed by atoms with van der Waals surface area (Å²) in [7, 11) is 0. The minimum absolute atomic E-state index is 0.263. The minimum atomic E-state index is -0.263. The molecule has 0 aromatic heterocycles. The Balaban J connectivity index is 1.92. The molecule has 2 rings (SSSR count). The van der Waals surface area contributed by atoms with E-state index in [1.807, 2.05) is 6.07 Å². The van der Waals surface area contributed by atoms with E-state index in [1.165, 1.54) is 17.2 Å². The summed E-state index contributed by atoms with van der Waals surface area (Å²) in [5, 5.41) is 0. The first-order valence-corrected chi connectivity index (χ1v) is 6.97. The molecule has 3 heteroatoms. The zero-order valence-corrected chi connectivity index (χ0v) is 11.1. The highest BCUT2D eigenvalue weighted by Crippen LogP contribution is 2.20. The van der Waals surface area contributed by atoms with Crippen LogP contribution in [0.4, 0.5) is 10.1 Å². The maximum Gasteiger partial charge on any atom is 0.125 e. The number of benzene rings is 2. The first-order chi connectivity index (χ1) is 8.63. The number of nitrogens with two attached hydrogens (primary N) is 1. The Hall–Kier alpha value is -1.48. The van der Waals surface area contributed by atoms with Crippen molar-refractivity contribution in [3.63, 3.8) is 0 Å². The second-order valence-corrected chi connectivity index (χ2v) is 5.36. The molecule has 0 heterocycles. The predicted molar refractivity (Wildman–Crippen MR) is 77.0 cm³/mol. The number of aryl methyl sites for hydroxylation is 1. The van der Waals surface area contributed by atoms with Gasteiger partial charge in [0.25, 0.3) is 0 Å². The van der Waals surface area contributed by atoms with Crippen LogP contribution in [0.15, 0.2) is 42.5 Å². The largest absolute Gasteiger partial charge is 0.399 e. The van der Waals surface area contributed by atoms with Crippen molar-refractivity contribution in [1.29, 1.82) is 0 Å². The predicted octanol–water partition coefficient (Wildman–Crippen LogP) is 4.15. The Morgan fingerprint density at radius 2 is 1.83 bits per heavy atom. The van der Waals surface area contributed by atoms with Crippen molar-refractivity contribution in [2.24, 2.45) is 0 Å². The lowest BCUT2D eigenvalue weighted by Gasteiger charge is -2.05. The molecule has 0 spiro atoms. The smallest absolute Gasteiger partial charge is 0.125 e. The summed E-state index contributed by atoms with van der Waals surface area (Å²) in [4.78, 5) is 0. The van der Waals surface area contributed by atoms with E-state index in [-0.39, 0.29) is 5.82 Å². The number of hydrogen-bond acceptors (Lipinski definition) is 2. The summed E-state index contributed by atoms with van der Waals surface area (Å²) in [6.45, 7) is 2.08. The molecule has 2 aromatic carbocycles. The highest BCUT2D eigenvalue weighted by atomic mass is 32.2. The standard InChI is InChI=1S/C15H16FNS/c1-11-3-2-4-12(5-11)9-18-10-13-6-14(16)8-15(17)7-13/h2-8H,9-10,17H2,1H3. The highest BCUT2D eigenvalue weighted by Gasteiger charge is 2.00. The molecular formula is C15H16FNS. The lowest BCUT2D eigenvalue weighted by Crippen LogP contribution is -1.90. The van der Waals surface area contributed by atoms with Gasteiger partial charge in [-0.3, -0.25) is 0 Å². The van der Waals surface area contributed by atoms with E-state index >= 15 is 0 Å². The van der Waals surface area contributed by atoms with Crippen molar-refractivity contribution < 1.29 is 4.39 Å². The second kappa shape index (κ2) is 5.91. The van der Waals surface area contributed by atoms with Gasteiger partial charge in [0.05, 0.1) is 0 Å². The third-order valence-electron chi connectivity index (χ3n) is 2.60. The Labute approximate surface area is 111 Å². The quantitative estimate of drug-likeness (QED) is 0.837. The van der Waals surface area contributed by atoms with E-state index in [4.69, 9.17) is 5.73 Å². The highest BCUT2D eigenvalue weighted by molar-refractivity contribution is 7.97. The molecule has 2 N–H and O–H groups in total. The van der Waals surface area contributed by atoms with Crippen LogP contribution in [0.1, 0.15) is 16.7 Å². The Morgan fingerprint density at radius 3 is 2.56 bits per heavy atom. The maximum absolute atomic E-state index is 13.1. The lowest BCUT2D eigenvalue weighted by atomic mass is 10.2. The summed E-state index contributed by atoms with van der Waals surface area (Å²) in [5.41, 5.74) is 9.60. The topological polar surface area (TPSA) is 26.0 Å². The van der Waals surface area contributed by atoms with Crippen LogP contribution >= 0.6 is 11.8 Å². The molecule has 0 fully saturated rings. The van der Waals surface area contributed by atoms with Gasteiger partial charge in [0.15, 0.2) is 0 Å². The number of hydrogen-bond donors (Lipinski definition) is 1. The van der Waals surface area contributed by atoms with Crippen LogP contribution in [-0.4, -0.2) is 0 Å². The van der Waals surface area contributed by atoms with Gasteiger partial charge in [-0.1, -0.05) is 29.8 Å². The van der Waals surface area contributed by atoms with Crippen LogP contribution in [-0.2, 0) is 11.5 Å². The molecule has 0 saturated carbocycles. The van der Waals surface area contributed by atoms with Crippen LogP contribution in [0.3, 0.4) is 0 Å². The Bertz CT molecular complexity index is 520. The van der Waals surface area contributed by atoms with Gasteiger partial charge in [0, 0.05) is 17.2 Å². The van der Waals surface area contributed by atoms with Crippen LogP contribution < -0.4 is 5.73 Å². The van der Waals surface area contributed by atoms with E-state index in [0.717, 1.165) is 17.1 Å². The number of nitrogen functional groups attached to an aromatic ring is 1. The van der Waals surface area contributed by atoms with Crippen molar-refractivity contribution in [3.05, 3.63) is 65.0 Å². The first kappa shape index (κ1) is 13.0. The molecule has 0 atom stereocenters. The van der Waals surface area contributed by atoms with Gasteiger partial charge in [-0.2, -0.15) is 11.8 Å². The third-order valence-corrected chi connectivity index (χ3v) is 3.67. The molecule has 0 amide bonds. The van der Waals surface area contributed by atoms with Gasteiger partial charge >= 0.3 is 0 Å². The van der Waals surface area contributed by atoms with Gasteiger partial charge in [0.2, 0.25) is 0 Å². The molecule has 0 bridgehead atoms. The monoisotopic (exact) mass is 261 g/mol. The van der Waals surface area contributed by atoms with E-state index in [9.17, 15) is 4.39 Å². The van der Waals surface area contributed by atoms with Crippen molar-refractivity contribution in [2.45, 2.75) is 18.4 Å². The first-order valence-electron chi connectivity index (χ1n) is 5.82. The van der Waals surface area contributed by atoms with Crippen molar-refractivity contribution in [2.75, 3.05) is 5.73 Å². The molecule has 0 radical (unpaired) electrons. The van der Waals surface area contributed by atoms with E-state index in [0.29, 0.717) is 5.69 Å². The van der Waals surface area contributed by atoms with E-state index in [2.05, 4.69) is 31.2 Å². The fraction of sp³-hybridized carbons (Fsp3) is 0.200. The fourth-order valence-corrected chi connectivity index (χ4v) is 2.77. The molecule has 18 heavy (non-hydrogen) atoms. The minimum Gasteiger partial charge on any atom is -0.399 e. The average molecular weight is 261 g/mol. The van der Waals surface area contributed by atoms with Crippen LogP contribution in [0, 0.1) is 12.7 Å². The lowest BCUT2D eigenvalue weighted by molar-refractivity contribution is 0.627. The molecule has 2 aromatic rings. The molecule has 94 valence electrons.